The van der Waals surface area contributed by atoms with Gasteiger partial charge in [0.15, 0.2) is 0 Å². The molecule has 1 amide bonds. The van der Waals surface area contributed by atoms with Gasteiger partial charge in [0.1, 0.15) is 0 Å². The van der Waals surface area contributed by atoms with Crippen LogP contribution in [0.3, 0.4) is 0 Å². The highest BCUT2D eigenvalue weighted by Crippen LogP contribution is 2.14. The number of carbonyl (C=O) groups excluding carboxylic acids is 1. The Labute approximate surface area is 88.3 Å². The molecule has 0 unspecified atom stereocenters. The summed E-state index contributed by atoms with van der Waals surface area (Å²) in [4.78, 5) is 17.4. The molecule has 5 heteroatoms. The Morgan fingerprint density at radius 1 is 1.60 bits per heavy atom. The number of nitrogens with zero attached hydrogens (tertiary/aromatic N) is 2. The van der Waals surface area contributed by atoms with Crippen LogP contribution >= 0.6 is 0 Å². The normalized spacial score (nSPS) is 16.3. The second kappa shape index (κ2) is 4.27. The lowest BCUT2D eigenvalue weighted by molar-refractivity contribution is -0.120. The van der Waals surface area contributed by atoms with Gasteiger partial charge in [-0.05, 0) is 12.1 Å². The number of anilines is 1. The van der Waals surface area contributed by atoms with Crippen LogP contribution in [0.2, 0.25) is 0 Å². The number of pyridine rings is 1. The maximum atomic E-state index is 11.2. The molecule has 0 bridgehead atoms. The highest BCUT2D eigenvalue weighted by Gasteiger charge is 2.16. The molecule has 2 heterocycles. The summed E-state index contributed by atoms with van der Waals surface area (Å²) < 4.78 is 0. The van der Waals surface area contributed by atoms with Crippen LogP contribution in [0.15, 0.2) is 18.3 Å². The quantitative estimate of drug-likeness (QED) is 0.683. The monoisotopic (exact) mass is 206 g/mol. The summed E-state index contributed by atoms with van der Waals surface area (Å²) in [5, 5.41) is 2.79. The molecule has 1 saturated heterocycles. The van der Waals surface area contributed by atoms with E-state index in [0.29, 0.717) is 19.6 Å². The predicted molar refractivity (Wildman–Crippen MR) is 57.4 cm³/mol. The SMILES string of the molecule is NCc1cc(N2CCNC(=O)C2)ccn1. The molecule has 1 aliphatic rings. The number of amides is 1. The third kappa shape index (κ3) is 2.24. The van der Waals surface area contributed by atoms with Gasteiger partial charge in [-0.15, -0.1) is 0 Å². The maximum absolute atomic E-state index is 11.2. The zero-order valence-electron chi connectivity index (χ0n) is 8.44. The Bertz CT molecular complexity index is 366. The van der Waals surface area contributed by atoms with Gasteiger partial charge in [-0.1, -0.05) is 0 Å². The number of nitrogens with one attached hydrogen (secondary N) is 1. The fraction of sp³-hybridized carbons (Fsp3) is 0.400. The van der Waals surface area contributed by atoms with Gasteiger partial charge in [0.05, 0.1) is 12.2 Å². The van der Waals surface area contributed by atoms with Gasteiger partial charge in [0.25, 0.3) is 0 Å². The van der Waals surface area contributed by atoms with Crippen LogP contribution in [0.1, 0.15) is 5.69 Å². The predicted octanol–water partition coefficient (Wildman–Crippen LogP) is -0.524. The largest absolute Gasteiger partial charge is 0.360 e. The Kier molecular flexibility index (Phi) is 2.82. The summed E-state index contributed by atoms with van der Waals surface area (Å²) in [5.41, 5.74) is 7.38. The minimum absolute atomic E-state index is 0.0624. The van der Waals surface area contributed by atoms with Crippen molar-refractivity contribution in [2.75, 3.05) is 24.5 Å². The highest BCUT2D eigenvalue weighted by atomic mass is 16.2. The topological polar surface area (TPSA) is 71.2 Å². The highest BCUT2D eigenvalue weighted by molar-refractivity contribution is 5.82. The van der Waals surface area contributed by atoms with E-state index in [2.05, 4.69) is 10.3 Å². The molecule has 0 aliphatic carbocycles. The summed E-state index contributed by atoms with van der Waals surface area (Å²) in [7, 11) is 0. The molecular formula is C10H14N4O. The second-order valence-electron chi connectivity index (χ2n) is 3.48. The summed E-state index contributed by atoms with van der Waals surface area (Å²) in [5.74, 6) is 0.0624. The molecule has 0 saturated carbocycles. The Balaban J connectivity index is 2.17. The summed E-state index contributed by atoms with van der Waals surface area (Å²) in [6, 6.07) is 3.83. The van der Waals surface area contributed by atoms with Crippen LogP contribution in [-0.2, 0) is 11.3 Å². The van der Waals surface area contributed by atoms with Gasteiger partial charge in [0.2, 0.25) is 5.91 Å². The number of nitrogens with two attached hydrogens (primary N) is 1. The van der Waals surface area contributed by atoms with E-state index in [4.69, 9.17) is 5.73 Å². The summed E-state index contributed by atoms with van der Waals surface area (Å²) >= 11 is 0. The van der Waals surface area contributed by atoms with Crippen molar-refractivity contribution in [1.82, 2.24) is 10.3 Å². The number of carbonyl (C=O) groups is 1. The first kappa shape index (κ1) is 9.92. The van der Waals surface area contributed by atoms with Gasteiger partial charge in [-0.3, -0.25) is 9.78 Å². The molecule has 0 radical (unpaired) electrons. The van der Waals surface area contributed by atoms with Crippen molar-refractivity contribution >= 4 is 11.6 Å². The van der Waals surface area contributed by atoms with Crippen molar-refractivity contribution in [2.24, 2.45) is 5.73 Å². The molecular weight excluding hydrogens is 192 g/mol. The molecule has 1 aromatic rings. The number of piperazine rings is 1. The van der Waals surface area contributed by atoms with Crippen molar-refractivity contribution in [3.05, 3.63) is 24.0 Å². The zero-order chi connectivity index (χ0) is 10.7. The average molecular weight is 206 g/mol. The second-order valence-corrected chi connectivity index (χ2v) is 3.48. The standard InChI is InChI=1S/C10H14N4O/c11-6-8-5-9(1-2-12-8)14-4-3-13-10(15)7-14/h1-2,5H,3-4,6-7,11H2,(H,13,15). The summed E-state index contributed by atoms with van der Waals surface area (Å²) in [6.45, 7) is 2.36. The first-order valence-corrected chi connectivity index (χ1v) is 4.96. The smallest absolute Gasteiger partial charge is 0.239 e. The van der Waals surface area contributed by atoms with E-state index >= 15 is 0 Å². The third-order valence-electron chi connectivity index (χ3n) is 2.41. The van der Waals surface area contributed by atoms with Gasteiger partial charge in [0, 0.05) is 31.5 Å². The van der Waals surface area contributed by atoms with E-state index in [1.807, 2.05) is 17.0 Å². The van der Waals surface area contributed by atoms with Crippen molar-refractivity contribution in [3.63, 3.8) is 0 Å². The fourth-order valence-electron chi connectivity index (χ4n) is 1.63. The van der Waals surface area contributed by atoms with E-state index in [-0.39, 0.29) is 5.91 Å². The molecule has 1 aliphatic heterocycles. The molecule has 3 N–H and O–H groups in total. The van der Waals surface area contributed by atoms with Crippen molar-refractivity contribution in [1.29, 1.82) is 0 Å². The molecule has 1 aromatic heterocycles. The van der Waals surface area contributed by atoms with Gasteiger partial charge < -0.3 is 16.0 Å². The van der Waals surface area contributed by atoms with Crippen molar-refractivity contribution in [3.8, 4) is 0 Å². The third-order valence-corrected chi connectivity index (χ3v) is 2.41. The minimum Gasteiger partial charge on any atom is -0.360 e. The molecule has 1 fully saturated rings. The molecule has 0 atom stereocenters. The number of hydrogen-bond donors (Lipinski definition) is 2. The Morgan fingerprint density at radius 2 is 2.47 bits per heavy atom. The number of rotatable bonds is 2. The van der Waals surface area contributed by atoms with Crippen LogP contribution in [0.25, 0.3) is 0 Å². The first-order chi connectivity index (χ1) is 7.29. The fourth-order valence-corrected chi connectivity index (χ4v) is 1.63. The van der Waals surface area contributed by atoms with E-state index in [1.54, 1.807) is 6.20 Å². The molecule has 0 spiro atoms. The van der Waals surface area contributed by atoms with Crippen LogP contribution in [-0.4, -0.2) is 30.5 Å². The zero-order valence-corrected chi connectivity index (χ0v) is 8.44. The maximum Gasteiger partial charge on any atom is 0.239 e. The lowest BCUT2D eigenvalue weighted by Crippen LogP contribution is -2.47. The molecule has 15 heavy (non-hydrogen) atoms. The Hall–Kier alpha value is -1.62. The van der Waals surface area contributed by atoms with E-state index in [0.717, 1.165) is 17.9 Å². The Morgan fingerprint density at radius 3 is 3.20 bits per heavy atom. The average Bonchev–Trinajstić information content (AvgIpc) is 2.29. The van der Waals surface area contributed by atoms with Crippen LogP contribution in [0.4, 0.5) is 5.69 Å². The van der Waals surface area contributed by atoms with Crippen molar-refractivity contribution < 1.29 is 4.79 Å². The van der Waals surface area contributed by atoms with Gasteiger partial charge in [-0.25, -0.2) is 0 Å². The molecule has 0 aromatic carbocycles. The number of hydrogen-bond acceptors (Lipinski definition) is 4. The van der Waals surface area contributed by atoms with Gasteiger partial charge in [-0.2, -0.15) is 0 Å². The lowest BCUT2D eigenvalue weighted by atomic mass is 10.2. The van der Waals surface area contributed by atoms with Crippen LogP contribution < -0.4 is 16.0 Å². The van der Waals surface area contributed by atoms with E-state index in [9.17, 15) is 4.79 Å². The summed E-state index contributed by atoms with van der Waals surface area (Å²) in [6.07, 6.45) is 1.73. The van der Waals surface area contributed by atoms with Crippen LogP contribution in [0, 0.1) is 0 Å². The minimum atomic E-state index is 0.0624. The first-order valence-electron chi connectivity index (χ1n) is 4.96. The molecule has 80 valence electrons. The van der Waals surface area contributed by atoms with Gasteiger partial charge >= 0.3 is 0 Å². The van der Waals surface area contributed by atoms with E-state index in [1.165, 1.54) is 0 Å². The van der Waals surface area contributed by atoms with E-state index < -0.39 is 0 Å². The molecule has 5 nitrogen and oxygen atoms in total. The number of aromatic nitrogens is 1. The lowest BCUT2D eigenvalue weighted by Gasteiger charge is -2.28. The molecule has 2 rings (SSSR count). The van der Waals surface area contributed by atoms with Crippen molar-refractivity contribution in [2.45, 2.75) is 6.54 Å². The van der Waals surface area contributed by atoms with Crippen LogP contribution in [0.5, 0.6) is 0 Å².